The summed E-state index contributed by atoms with van der Waals surface area (Å²) in [6.07, 6.45) is 0.341. The Labute approximate surface area is 123 Å². The fourth-order valence-corrected chi connectivity index (χ4v) is 1.72. The Kier molecular flexibility index (Phi) is 8.18. The van der Waals surface area contributed by atoms with Gasteiger partial charge >= 0.3 is 0 Å². The van der Waals surface area contributed by atoms with E-state index in [1.807, 2.05) is 0 Å². The van der Waals surface area contributed by atoms with Crippen molar-refractivity contribution in [3.8, 4) is 5.75 Å². The van der Waals surface area contributed by atoms with Gasteiger partial charge in [0.1, 0.15) is 18.5 Å². The smallest absolute Gasteiger partial charge is 0.121 e. The summed E-state index contributed by atoms with van der Waals surface area (Å²) in [5, 5.41) is 13.8. The maximum atomic E-state index is 9.71. The average Bonchev–Trinajstić information content (AvgIpc) is 2.40. The molecule has 108 valence electrons. The number of halogens is 2. The number of ether oxygens (including phenoxy) is 2. The molecule has 6 heteroatoms. The van der Waals surface area contributed by atoms with Gasteiger partial charge in [0.15, 0.2) is 0 Å². The first kappa shape index (κ1) is 16.5. The number of aliphatic hydroxyl groups is 1. The molecule has 0 heterocycles. The van der Waals surface area contributed by atoms with Gasteiger partial charge in [-0.25, -0.2) is 0 Å². The first-order valence-electron chi connectivity index (χ1n) is 6.09. The van der Waals surface area contributed by atoms with Gasteiger partial charge in [0.2, 0.25) is 0 Å². The van der Waals surface area contributed by atoms with E-state index >= 15 is 0 Å². The van der Waals surface area contributed by atoms with E-state index in [2.05, 4.69) is 5.32 Å². The van der Waals surface area contributed by atoms with Crippen LogP contribution < -0.4 is 10.1 Å². The van der Waals surface area contributed by atoms with Crippen molar-refractivity contribution in [1.82, 2.24) is 5.32 Å². The minimum absolute atomic E-state index is 0.204. The maximum absolute atomic E-state index is 9.71. The molecule has 1 aromatic rings. The van der Waals surface area contributed by atoms with Gasteiger partial charge in [-0.3, -0.25) is 0 Å². The third-order valence-corrected chi connectivity index (χ3v) is 3.15. The molecule has 0 amide bonds. The quantitative estimate of drug-likeness (QED) is 0.688. The Morgan fingerprint density at radius 1 is 1.32 bits per heavy atom. The second kappa shape index (κ2) is 9.39. The van der Waals surface area contributed by atoms with Crippen LogP contribution in [0.25, 0.3) is 0 Å². The molecule has 0 saturated carbocycles. The van der Waals surface area contributed by atoms with Crippen LogP contribution in [-0.2, 0) is 4.74 Å². The van der Waals surface area contributed by atoms with Crippen LogP contribution in [0.5, 0.6) is 5.75 Å². The number of nitrogens with one attached hydrogen (secondary N) is 1. The zero-order chi connectivity index (χ0) is 14.1. The van der Waals surface area contributed by atoms with Gasteiger partial charge in [-0.2, -0.15) is 0 Å². The summed E-state index contributed by atoms with van der Waals surface area (Å²) in [7, 11) is 1.67. The van der Waals surface area contributed by atoms with Crippen LogP contribution in [0.3, 0.4) is 0 Å². The van der Waals surface area contributed by atoms with Gasteiger partial charge < -0.3 is 19.9 Å². The van der Waals surface area contributed by atoms with Gasteiger partial charge in [-0.1, -0.05) is 23.2 Å². The number of benzene rings is 1. The van der Waals surface area contributed by atoms with Crippen molar-refractivity contribution < 1.29 is 14.6 Å². The molecule has 4 nitrogen and oxygen atoms in total. The SMILES string of the molecule is COCCCNCC(O)COc1ccc(Cl)c(Cl)c1. The molecule has 0 spiro atoms. The van der Waals surface area contributed by atoms with Crippen molar-refractivity contribution in [2.45, 2.75) is 12.5 Å². The summed E-state index contributed by atoms with van der Waals surface area (Å²) in [5.74, 6) is 0.591. The molecule has 0 aromatic heterocycles. The van der Waals surface area contributed by atoms with E-state index in [0.717, 1.165) is 13.0 Å². The van der Waals surface area contributed by atoms with Gasteiger partial charge in [-0.05, 0) is 25.1 Å². The first-order valence-corrected chi connectivity index (χ1v) is 6.84. The molecule has 0 radical (unpaired) electrons. The molecule has 0 aliphatic rings. The van der Waals surface area contributed by atoms with Crippen molar-refractivity contribution in [2.24, 2.45) is 0 Å². The molecule has 0 aliphatic heterocycles. The monoisotopic (exact) mass is 307 g/mol. The Hall–Kier alpha value is -0.520. The normalized spacial score (nSPS) is 12.4. The molecule has 0 fully saturated rings. The third-order valence-electron chi connectivity index (χ3n) is 2.42. The maximum Gasteiger partial charge on any atom is 0.121 e. The number of rotatable bonds is 9. The summed E-state index contributed by atoms with van der Waals surface area (Å²) < 4.78 is 10.3. The minimum Gasteiger partial charge on any atom is -0.491 e. The van der Waals surface area contributed by atoms with E-state index in [1.54, 1.807) is 25.3 Å². The molecule has 0 bridgehead atoms. The lowest BCUT2D eigenvalue weighted by atomic mass is 10.3. The highest BCUT2D eigenvalue weighted by Gasteiger charge is 2.06. The lowest BCUT2D eigenvalue weighted by molar-refractivity contribution is 0.105. The van der Waals surface area contributed by atoms with Gasteiger partial charge in [0.05, 0.1) is 10.0 Å². The van der Waals surface area contributed by atoms with Crippen molar-refractivity contribution in [2.75, 3.05) is 33.4 Å². The second-order valence-electron chi connectivity index (χ2n) is 4.09. The van der Waals surface area contributed by atoms with Crippen molar-refractivity contribution >= 4 is 23.2 Å². The van der Waals surface area contributed by atoms with E-state index in [0.29, 0.717) is 28.9 Å². The van der Waals surface area contributed by atoms with Crippen LogP contribution in [0.2, 0.25) is 10.0 Å². The molecule has 2 N–H and O–H groups in total. The Balaban J connectivity index is 2.18. The molecule has 1 rings (SSSR count). The third kappa shape index (κ3) is 6.99. The molecular weight excluding hydrogens is 289 g/mol. The summed E-state index contributed by atoms with van der Waals surface area (Å²) in [6, 6.07) is 5.00. The van der Waals surface area contributed by atoms with E-state index in [9.17, 15) is 5.11 Å². The molecule has 19 heavy (non-hydrogen) atoms. The van der Waals surface area contributed by atoms with Crippen molar-refractivity contribution in [3.05, 3.63) is 28.2 Å². The van der Waals surface area contributed by atoms with Crippen LogP contribution in [0, 0.1) is 0 Å². The second-order valence-corrected chi connectivity index (χ2v) is 4.91. The Morgan fingerprint density at radius 3 is 2.79 bits per heavy atom. The Bertz CT molecular complexity index is 377. The van der Waals surface area contributed by atoms with E-state index in [4.69, 9.17) is 32.7 Å². The zero-order valence-corrected chi connectivity index (χ0v) is 12.4. The van der Waals surface area contributed by atoms with Crippen molar-refractivity contribution in [3.63, 3.8) is 0 Å². The highest BCUT2D eigenvalue weighted by atomic mass is 35.5. The lowest BCUT2D eigenvalue weighted by Crippen LogP contribution is -2.32. The lowest BCUT2D eigenvalue weighted by Gasteiger charge is -2.13. The molecule has 0 saturated heterocycles. The standard InChI is InChI=1S/C13H19Cl2NO3/c1-18-6-2-5-16-8-10(17)9-19-11-3-4-12(14)13(15)7-11/h3-4,7,10,16-17H,2,5-6,8-9H2,1H3. The van der Waals surface area contributed by atoms with Crippen LogP contribution in [0.1, 0.15) is 6.42 Å². The van der Waals surface area contributed by atoms with Crippen LogP contribution in [0.15, 0.2) is 18.2 Å². The summed E-state index contributed by atoms with van der Waals surface area (Å²) in [4.78, 5) is 0. The largest absolute Gasteiger partial charge is 0.491 e. The molecule has 1 unspecified atom stereocenters. The van der Waals surface area contributed by atoms with E-state index < -0.39 is 6.10 Å². The van der Waals surface area contributed by atoms with E-state index in [-0.39, 0.29) is 6.61 Å². The number of hydrogen-bond donors (Lipinski definition) is 2. The number of hydrogen-bond acceptors (Lipinski definition) is 4. The van der Waals surface area contributed by atoms with Gasteiger partial charge in [-0.15, -0.1) is 0 Å². The minimum atomic E-state index is -0.572. The fourth-order valence-electron chi connectivity index (χ4n) is 1.43. The van der Waals surface area contributed by atoms with Crippen LogP contribution in [0.4, 0.5) is 0 Å². The average molecular weight is 308 g/mol. The molecule has 1 aromatic carbocycles. The van der Waals surface area contributed by atoms with Crippen LogP contribution >= 0.6 is 23.2 Å². The fraction of sp³-hybridized carbons (Fsp3) is 0.538. The summed E-state index contributed by atoms with van der Waals surface area (Å²) in [6.45, 7) is 2.20. The zero-order valence-electron chi connectivity index (χ0n) is 10.9. The number of aliphatic hydroxyl groups excluding tert-OH is 1. The molecule has 0 aliphatic carbocycles. The van der Waals surface area contributed by atoms with Gasteiger partial charge in [0.25, 0.3) is 0 Å². The number of methoxy groups -OCH3 is 1. The highest BCUT2D eigenvalue weighted by molar-refractivity contribution is 6.42. The Morgan fingerprint density at radius 2 is 2.11 bits per heavy atom. The highest BCUT2D eigenvalue weighted by Crippen LogP contribution is 2.26. The summed E-state index contributed by atoms with van der Waals surface area (Å²) >= 11 is 11.7. The predicted octanol–water partition coefficient (Wildman–Crippen LogP) is 2.36. The summed E-state index contributed by atoms with van der Waals surface area (Å²) in [5.41, 5.74) is 0. The van der Waals surface area contributed by atoms with E-state index in [1.165, 1.54) is 0 Å². The van der Waals surface area contributed by atoms with Crippen molar-refractivity contribution in [1.29, 1.82) is 0 Å². The predicted molar refractivity (Wildman–Crippen MR) is 77.3 cm³/mol. The van der Waals surface area contributed by atoms with Gasteiger partial charge in [0, 0.05) is 26.3 Å². The molecule has 1 atom stereocenters. The topological polar surface area (TPSA) is 50.7 Å². The first-order chi connectivity index (χ1) is 9.13. The van der Waals surface area contributed by atoms with Crippen LogP contribution in [-0.4, -0.2) is 44.6 Å². The molecular formula is C13H19Cl2NO3.